The molecule has 0 aliphatic rings. The van der Waals surface area contributed by atoms with E-state index in [0.717, 1.165) is 5.69 Å². The van der Waals surface area contributed by atoms with Gasteiger partial charge in [0.2, 0.25) is 0 Å². The van der Waals surface area contributed by atoms with Crippen molar-refractivity contribution < 1.29 is 5.11 Å². The molecule has 0 saturated carbocycles. The van der Waals surface area contributed by atoms with Gasteiger partial charge >= 0.3 is 0 Å². The molecule has 1 aromatic rings. The van der Waals surface area contributed by atoms with Crippen LogP contribution in [0.1, 0.15) is 5.69 Å². The van der Waals surface area contributed by atoms with Crippen molar-refractivity contribution in [3.05, 3.63) is 11.9 Å². The number of aliphatic hydroxyl groups is 1. The molecule has 0 radical (unpaired) electrons. The highest BCUT2D eigenvalue weighted by atomic mass is 16.3. The third kappa shape index (κ3) is 1.27. The second-order valence-electron chi connectivity index (χ2n) is 2.16. The van der Waals surface area contributed by atoms with Gasteiger partial charge in [-0.15, -0.1) is 0 Å². The zero-order valence-electron chi connectivity index (χ0n) is 5.91. The van der Waals surface area contributed by atoms with Crippen LogP contribution < -0.4 is 5.73 Å². The number of hydrogen-bond acceptors (Lipinski definition) is 3. The third-order valence-electron chi connectivity index (χ3n) is 1.31. The molecule has 1 aromatic heterocycles. The summed E-state index contributed by atoms with van der Waals surface area (Å²) in [4.78, 5) is 0. The van der Waals surface area contributed by atoms with E-state index in [-0.39, 0.29) is 6.61 Å². The summed E-state index contributed by atoms with van der Waals surface area (Å²) < 4.78 is 1.63. The smallest absolute Gasteiger partial charge is 0.0822 e. The number of rotatable bonds is 2. The first kappa shape index (κ1) is 7.08. The van der Waals surface area contributed by atoms with Gasteiger partial charge in [-0.2, -0.15) is 5.10 Å². The lowest BCUT2D eigenvalue weighted by atomic mass is 10.4. The number of anilines is 1. The molecule has 4 nitrogen and oxygen atoms in total. The normalized spacial score (nSPS) is 10.2. The Hall–Kier alpha value is -1.03. The molecule has 4 heteroatoms. The van der Waals surface area contributed by atoms with E-state index in [0.29, 0.717) is 12.2 Å². The van der Waals surface area contributed by atoms with Crippen LogP contribution in [0.5, 0.6) is 0 Å². The Kier molecular flexibility index (Phi) is 1.91. The Bertz CT molecular complexity index is 199. The minimum absolute atomic E-state index is 0.0978. The van der Waals surface area contributed by atoms with Crippen molar-refractivity contribution in [2.75, 3.05) is 12.3 Å². The van der Waals surface area contributed by atoms with Gasteiger partial charge in [0.1, 0.15) is 0 Å². The Balaban J connectivity index is 2.77. The van der Waals surface area contributed by atoms with E-state index in [2.05, 4.69) is 5.10 Å². The number of nitrogens with two attached hydrogens (primary N) is 1. The summed E-state index contributed by atoms with van der Waals surface area (Å²) in [5.41, 5.74) is 6.99. The fourth-order valence-corrected chi connectivity index (χ4v) is 0.750. The molecule has 1 heterocycles. The van der Waals surface area contributed by atoms with Gasteiger partial charge in [0, 0.05) is 6.20 Å². The summed E-state index contributed by atoms with van der Waals surface area (Å²) in [6.45, 7) is 2.45. The lowest BCUT2D eigenvalue weighted by Gasteiger charge is -1.93. The van der Waals surface area contributed by atoms with Crippen molar-refractivity contribution in [3.8, 4) is 0 Å². The van der Waals surface area contributed by atoms with Gasteiger partial charge in [0.15, 0.2) is 0 Å². The molecule has 0 saturated heterocycles. The molecular weight excluding hydrogens is 130 g/mol. The average molecular weight is 141 g/mol. The summed E-state index contributed by atoms with van der Waals surface area (Å²) >= 11 is 0. The van der Waals surface area contributed by atoms with Crippen LogP contribution in [0.15, 0.2) is 6.20 Å². The van der Waals surface area contributed by atoms with Crippen LogP contribution in [0.4, 0.5) is 5.69 Å². The van der Waals surface area contributed by atoms with Crippen molar-refractivity contribution in [1.29, 1.82) is 0 Å². The number of nitrogens with zero attached hydrogens (tertiary/aromatic N) is 2. The summed E-state index contributed by atoms with van der Waals surface area (Å²) in [5, 5.41) is 12.5. The van der Waals surface area contributed by atoms with Crippen LogP contribution in [-0.4, -0.2) is 21.5 Å². The summed E-state index contributed by atoms with van der Waals surface area (Å²) in [6.07, 6.45) is 1.71. The number of aromatic nitrogens is 2. The van der Waals surface area contributed by atoms with Crippen molar-refractivity contribution in [2.45, 2.75) is 13.5 Å². The van der Waals surface area contributed by atoms with Gasteiger partial charge in [-0.25, -0.2) is 0 Å². The molecule has 0 fully saturated rings. The van der Waals surface area contributed by atoms with Crippen LogP contribution in [-0.2, 0) is 6.54 Å². The van der Waals surface area contributed by atoms with E-state index >= 15 is 0 Å². The highest BCUT2D eigenvalue weighted by molar-refractivity contribution is 5.39. The second-order valence-corrected chi connectivity index (χ2v) is 2.16. The molecule has 1 rings (SSSR count). The maximum Gasteiger partial charge on any atom is 0.0822 e. The number of hydrogen-bond donors (Lipinski definition) is 2. The lowest BCUT2D eigenvalue weighted by Crippen LogP contribution is -2.02. The van der Waals surface area contributed by atoms with E-state index in [1.165, 1.54) is 0 Å². The average Bonchev–Trinajstić information content (AvgIpc) is 2.14. The number of nitrogen functional groups attached to an aromatic ring is 1. The monoisotopic (exact) mass is 141 g/mol. The van der Waals surface area contributed by atoms with E-state index < -0.39 is 0 Å². The fourth-order valence-electron chi connectivity index (χ4n) is 0.750. The van der Waals surface area contributed by atoms with Gasteiger partial charge in [-0.05, 0) is 6.92 Å². The molecule has 0 bridgehead atoms. The van der Waals surface area contributed by atoms with Crippen LogP contribution in [0.2, 0.25) is 0 Å². The Morgan fingerprint density at radius 2 is 2.50 bits per heavy atom. The first-order chi connectivity index (χ1) is 4.74. The molecule has 0 amide bonds. The fraction of sp³-hybridized carbons (Fsp3) is 0.500. The molecular formula is C6H11N3O. The molecule has 0 aromatic carbocycles. The SMILES string of the molecule is Cc1nn(CCO)cc1N. The standard InChI is InChI=1S/C6H11N3O/c1-5-6(7)4-9(8-5)2-3-10/h4,10H,2-3,7H2,1H3. The van der Waals surface area contributed by atoms with Crippen molar-refractivity contribution in [3.63, 3.8) is 0 Å². The van der Waals surface area contributed by atoms with E-state index in [1.54, 1.807) is 10.9 Å². The van der Waals surface area contributed by atoms with Gasteiger partial charge in [0.05, 0.1) is 24.5 Å². The Labute approximate surface area is 59.3 Å². The van der Waals surface area contributed by atoms with Gasteiger partial charge in [0.25, 0.3) is 0 Å². The minimum Gasteiger partial charge on any atom is -0.396 e. The van der Waals surface area contributed by atoms with Crippen molar-refractivity contribution in [2.24, 2.45) is 0 Å². The maximum absolute atomic E-state index is 8.52. The molecule has 3 N–H and O–H groups in total. The summed E-state index contributed by atoms with van der Waals surface area (Å²) in [6, 6.07) is 0. The molecule has 0 aliphatic carbocycles. The third-order valence-corrected chi connectivity index (χ3v) is 1.31. The number of aryl methyl sites for hydroxylation is 1. The highest BCUT2D eigenvalue weighted by Gasteiger charge is 1.97. The van der Waals surface area contributed by atoms with Gasteiger partial charge in [-0.3, -0.25) is 4.68 Å². The molecule has 0 spiro atoms. The van der Waals surface area contributed by atoms with Crippen LogP contribution in [0.3, 0.4) is 0 Å². The van der Waals surface area contributed by atoms with Gasteiger partial charge < -0.3 is 10.8 Å². The van der Waals surface area contributed by atoms with E-state index in [1.807, 2.05) is 6.92 Å². The summed E-state index contributed by atoms with van der Waals surface area (Å²) in [7, 11) is 0. The Morgan fingerprint density at radius 1 is 1.80 bits per heavy atom. The second kappa shape index (κ2) is 2.70. The molecule has 56 valence electrons. The lowest BCUT2D eigenvalue weighted by molar-refractivity contribution is 0.269. The zero-order chi connectivity index (χ0) is 7.56. The largest absolute Gasteiger partial charge is 0.396 e. The zero-order valence-corrected chi connectivity index (χ0v) is 5.91. The number of aliphatic hydroxyl groups excluding tert-OH is 1. The predicted molar refractivity (Wildman–Crippen MR) is 38.5 cm³/mol. The predicted octanol–water partition coefficient (Wildman–Crippen LogP) is -0.234. The molecule has 0 aliphatic heterocycles. The van der Waals surface area contributed by atoms with E-state index in [9.17, 15) is 0 Å². The first-order valence-electron chi connectivity index (χ1n) is 3.14. The van der Waals surface area contributed by atoms with Crippen LogP contribution >= 0.6 is 0 Å². The van der Waals surface area contributed by atoms with Crippen molar-refractivity contribution in [1.82, 2.24) is 9.78 Å². The topological polar surface area (TPSA) is 64.1 Å². The molecule has 0 unspecified atom stereocenters. The van der Waals surface area contributed by atoms with Gasteiger partial charge in [-0.1, -0.05) is 0 Å². The maximum atomic E-state index is 8.52. The summed E-state index contributed by atoms with van der Waals surface area (Å²) in [5.74, 6) is 0. The molecule has 10 heavy (non-hydrogen) atoms. The molecule has 0 atom stereocenters. The Morgan fingerprint density at radius 3 is 2.90 bits per heavy atom. The van der Waals surface area contributed by atoms with Crippen LogP contribution in [0, 0.1) is 6.92 Å². The van der Waals surface area contributed by atoms with E-state index in [4.69, 9.17) is 10.8 Å². The van der Waals surface area contributed by atoms with Crippen LogP contribution in [0.25, 0.3) is 0 Å². The quantitative estimate of drug-likeness (QED) is 0.597. The highest BCUT2D eigenvalue weighted by Crippen LogP contribution is 2.05. The first-order valence-corrected chi connectivity index (χ1v) is 3.14. The van der Waals surface area contributed by atoms with Crippen molar-refractivity contribution >= 4 is 5.69 Å². The minimum atomic E-state index is 0.0978.